The van der Waals surface area contributed by atoms with Crippen LogP contribution in [0.25, 0.3) is 0 Å². The highest BCUT2D eigenvalue weighted by atomic mass is 19.4. The average Bonchev–Trinajstić information content (AvgIpc) is 1.99. The van der Waals surface area contributed by atoms with Crippen LogP contribution in [-0.4, -0.2) is 31.2 Å². The molecular weight excluding hydrogens is 203 g/mol. The first-order chi connectivity index (χ1) is 6.26. The molecule has 0 aromatic carbocycles. The van der Waals surface area contributed by atoms with Gasteiger partial charge in [-0.2, -0.15) is 13.2 Å². The van der Waals surface area contributed by atoms with Gasteiger partial charge in [-0.1, -0.05) is 0 Å². The zero-order valence-electron chi connectivity index (χ0n) is 7.64. The van der Waals surface area contributed by atoms with Gasteiger partial charge in [-0.3, -0.25) is 4.79 Å². The summed E-state index contributed by atoms with van der Waals surface area (Å²) in [5.41, 5.74) is 0. The van der Waals surface area contributed by atoms with Gasteiger partial charge >= 0.3 is 12.1 Å². The third-order valence-corrected chi connectivity index (χ3v) is 1.29. The van der Waals surface area contributed by atoms with Gasteiger partial charge in [0.25, 0.3) is 0 Å². The van der Waals surface area contributed by atoms with E-state index in [1.165, 1.54) is 6.92 Å². The van der Waals surface area contributed by atoms with Gasteiger partial charge in [0.05, 0.1) is 7.11 Å². The average molecular weight is 213 g/mol. The van der Waals surface area contributed by atoms with E-state index in [-0.39, 0.29) is 0 Å². The van der Waals surface area contributed by atoms with Crippen molar-refractivity contribution in [3.63, 3.8) is 0 Å². The molecule has 0 spiro atoms. The van der Waals surface area contributed by atoms with E-state index in [4.69, 9.17) is 0 Å². The summed E-state index contributed by atoms with van der Waals surface area (Å²) in [5.74, 6) is -2.05. The molecule has 0 aromatic heterocycles. The predicted molar refractivity (Wildman–Crippen MR) is 40.3 cm³/mol. The van der Waals surface area contributed by atoms with Crippen LogP contribution in [0.1, 0.15) is 13.3 Å². The Hall–Kier alpha value is -1.27. The molecule has 1 unspecified atom stereocenters. The van der Waals surface area contributed by atoms with Crippen molar-refractivity contribution in [3.8, 4) is 0 Å². The lowest BCUT2D eigenvalue weighted by molar-refractivity contribution is -0.157. The van der Waals surface area contributed by atoms with Crippen molar-refractivity contribution >= 4 is 11.9 Å². The molecule has 0 aliphatic carbocycles. The lowest BCUT2D eigenvalue weighted by Gasteiger charge is -2.12. The fourth-order valence-electron chi connectivity index (χ4n) is 0.710. The van der Waals surface area contributed by atoms with Crippen molar-refractivity contribution in [2.24, 2.45) is 0 Å². The number of carbonyl (C=O) groups excluding carboxylic acids is 2. The number of hydrogen-bond acceptors (Lipinski definition) is 3. The van der Waals surface area contributed by atoms with E-state index in [2.05, 4.69) is 4.74 Å². The minimum atomic E-state index is -4.57. The molecule has 0 saturated heterocycles. The van der Waals surface area contributed by atoms with Crippen LogP contribution in [0.2, 0.25) is 0 Å². The minimum absolute atomic E-state index is 0.791. The van der Waals surface area contributed by atoms with Crippen LogP contribution >= 0.6 is 0 Å². The molecule has 0 radical (unpaired) electrons. The first-order valence-corrected chi connectivity index (χ1v) is 3.70. The highest BCUT2D eigenvalue weighted by Crippen LogP contribution is 2.18. The largest absolute Gasteiger partial charge is 0.467 e. The van der Waals surface area contributed by atoms with Gasteiger partial charge in [0, 0.05) is 0 Å². The Morgan fingerprint density at radius 2 is 1.93 bits per heavy atom. The van der Waals surface area contributed by atoms with E-state index in [9.17, 15) is 22.8 Å². The SMILES string of the molecule is COC(=O)C(C)NC(=O)CC(F)(F)F. The van der Waals surface area contributed by atoms with Crippen LogP contribution in [0.3, 0.4) is 0 Å². The third kappa shape index (κ3) is 5.39. The van der Waals surface area contributed by atoms with Crippen LogP contribution in [0.15, 0.2) is 0 Å². The van der Waals surface area contributed by atoms with Crippen molar-refractivity contribution in [2.75, 3.05) is 7.11 Å². The lowest BCUT2D eigenvalue weighted by atomic mass is 10.3. The maximum absolute atomic E-state index is 11.7. The summed E-state index contributed by atoms with van der Waals surface area (Å²) < 4.78 is 39.2. The predicted octanol–water partition coefficient (Wildman–Crippen LogP) is 0.616. The van der Waals surface area contributed by atoms with Gasteiger partial charge in [-0.05, 0) is 6.92 Å². The van der Waals surface area contributed by atoms with Gasteiger partial charge in [-0.15, -0.1) is 0 Å². The Labute approximate surface area is 78.4 Å². The first kappa shape index (κ1) is 12.7. The second-order valence-electron chi connectivity index (χ2n) is 2.60. The monoisotopic (exact) mass is 213 g/mol. The summed E-state index contributed by atoms with van der Waals surface area (Å²) >= 11 is 0. The Bertz CT molecular complexity index is 227. The number of esters is 1. The normalized spacial score (nSPS) is 13.2. The molecule has 0 bridgehead atoms. The molecular formula is C7H10F3NO3. The highest BCUT2D eigenvalue weighted by molar-refractivity contribution is 5.84. The molecule has 82 valence electrons. The topological polar surface area (TPSA) is 55.4 Å². The van der Waals surface area contributed by atoms with Crippen molar-refractivity contribution < 1.29 is 27.5 Å². The molecule has 0 aliphatic rings. The summed E-state index contributed by atoms with van der Waals surface area (Å²) in [6.45, 7) is 1.24. The number of halogens is 3. The van der Waals surface area contributed by atoms with Gasteiger partial charge in [0.2, 0.25) is 5.91 Å². The van der Waals surface area contributed by atoms with Crippen LogP contribution < -0.4 is 5.32 Å². The van der Waals surface area contributed by atoms with Crippen LogP contribution in [0.4, 0.5) is 13.2 Å². The Morgan fingerprint density at radius 3 is 2.29 bits per heavy atom. The van der Waals surface area contributed by atoms with Crippen molar-refractivity contribution in [1.29, 1.82) is 0 Å². The molecule has 0 fully saturated rings. The summed E-state index contributed by atoms with van der Waals surface area (Å²) in [7, 11) is 1.08. The smallest absolute Gasteiger partial charge is 0.397 e. The van der Waals surface area contributed by atoms with E-state index in [0.29, 0.717) is 0 Å². The fourth-order valence-corrected chi connectivity index (χ4v) is 0.710. The van der Waals surface area contributed by atoms with E-state index >= 15 is 0 Å². The first-order valence-electron chi connectivity index (χ1n) is 3.70. The lowest BCUT2D eigenvalue weighted by Crippen LogP contribution is -2.40. The van der Waals surface area contributed by atoms with Crippen molar-refractivity contribution in [3.05, 3.63) is 0 Å². The second-order valence-corrected chi connectivity index (χ2v) is 2.60. The quantitative estimate of drug-likeness (QED) is 0.699. The van der Waals surface area contributed by atoms with Crippen molar-refractivity contribution in [1.82, 2.24) is 5.32 Å². The number of rotatable bonds is 3. The Morgan fingerprint density at radius 1 is 1.43 bits per heavy atom. The standard InChI is InChI=1S/C7H10F3NO3/c1-4(6(13)14-2)11-5(12)3-7(8,9)10/h4H,3H2,1-2H3,(H,11,12). The molecule has 14 heavy (non-hydrogen) atoms. The van der Waals surface area contributed by atoms with Crippen LogP contribution in [0.5, 0.6) is 0 Å². The molecule has 1 atom stereocenters. The number of carbonyl (C=O) groups is 2. The van der Waals surface area contributed by atoms with E-state index in [1.807, 2.05) is 5.32 Å². The van der Waals surface area contributed by atoms with Crippen LogP contribution in [-0.2, 0) is 14.3 Å². The van der Waals surface area contributed by atoms with Gasteiger partial charge in [0.15, 0.2) is 0 Å². The van der Waals surface area contributed by atoms with Crippen molar-refractivity contribution in [2.45, 2.75) is 25.6 Å². The molecule has 0 aromatic rings. The molecule has 1 amide bonds. The number of nitrogens with one attached hydrogen (secondary N) is 1. The van der Waals surface area contributed by atoms with Gasteiger partial charge in [0.1, 0.15) is 12.5 Å². The second kappa shape index (κ2) is 4.83. The van der Waals surface area contributed by atoms with Crippen LogP contribution in [0, 0.1) is 0 Å². The maximum Gasteiger partial charge on any atom is 0.397 e. The van der Waals surface area contributed by atoms with E-state index < -0.39 is 30.5 Å². The van der Waals surface area contributed by atoms with E-state index in [0.717, 1.165) is 7.11 Å². The van der Waals surface area contributed by atoms with Gasteiger partial charge < -0.3 is 10.1 Å². The summed E-state index contributed by atoms with van der Waals surface area (Å²) in [4.78, 5) is 21.3. The molecule has 0 rings (SSSR count). The summed E-state index contributed by atoms with van der Waals surface area (Å²) in [6, 6.07) is -1.07. The Balaban J connectivity index is 4.01. The molecule has 0 heterocycles. The molecule has 7 heteroatoms. The fraction of sp³-hybridized carbons (Fsp3) is 0.714. The van der Waals surface area contributed by atoms with E-state index in [1.54, 1.807) is 0 Å². The minimum Gasteiger partial charge on any atom is -0.467 e. The molecule has 0 saturated carbocycles. The zero-order valence-corrected chi connectivity index (χ0v) is 7.64. The molecule has 1 N–H and O–H groups in total. The maximum atomic E-state index is 11.7. The number of hydrogen-bond donors (Lipinski definition) is 1. The number of alkyl halides is 3. The third-order valence-electron chi connectivity index (χ3n) is 1.29. The zero-order chi connectivity index (χ0) is 11.4. The number of ether oxygens (including phenoxy) is 1. The molecule has 0 aliphatic heterocycles. The molecule has 4 nitrogen and oxygen atoms in total. The van der Waals surface area contributed by atoms with Gasteiger partial charge in [-0.25, -0.2) is 4.79 Å². The Kier molecular flexibility index (Phi) is 4.39. The number of methoxy groups -OCH3 is 1. The number of amides is 1. The summed E-state index contributed by atoms with van der Waals surface area (Å²) in [6.07, 6.45) is -6.17. The highest BCUT2D eigenvalue weighted by Gasteiger charge is 2.32. The summed E-state index contributed by atoms with van der Waals surface area (Å²) in [5, 5.41) is 1.85.